The molecule has 0 fully saturated rings. The normalized spacial score (nSPS) is 17.8. The Morgan fingerprint density at radius 2 is 2.00 bits per heavy atom. The van der Waals surface area contributed by atoms with Crippen molar-refractivity contribution in [3.8, 4) is 0 Å². The highest BCUT2D eigenvalue weighted by Crippen LogP contribution is 2.33. The van der Waals surface area contributed by atoms with Gasteiger partial charge in [-0.05, 0) is 6.42 Å². The van der Waals surface area contributed by atoms with Gasteiger partial charge in [0.25, 0.3) is 0 Å². The number of aliphatic imine (C=N–C) groups is 1. The molecule has 0 spiro atoms. The fraction of sp³-hybridized carbons (Fsp3) is 0.833. The van der Waals surface area contributed by atoms with E-state index in [2.05, 4.69) is 4.99 Å². The molecule has 0 aromatic heterocycles. The first-order valence-corrected chi connectivity index (χ1v) is 3.81. The van der Waals surface area contributed by atoms with Crippen LogP contribution in [0.1, 0.15) is 13.3 Å². The molecule has 1 atom stereocenters. The van der Waals surface area contributed by atoms with Gasteiger partial charge < -0.3 is 5.11 Å². The second-order valence-corrected chi connectivity index (χ2v) is 2.55. The van der Waals surface area contributed by atoms with Crippen LogP contribution in [0.3, 0.4) is 0 Å². The van der Waals surface area contributed by atoms with Gasteiger partial charge in [0.15, 0.2) is 5.84 Å². The minimum absolute atomic E-state index is 0.558. The zero-order valence-electron chi connectivity index (χ0n) is 7.81. The summed E-state index contributed by atoms with van der Waals surface area (Å²) in [5.41, 5.74) is 0.722. The molecule has 84 valence electrons. The Hall–Kier alpha value is -0.860. The summed E-state index contributed by atoms with van der Waals surface area (Å²) in [6.45, 7) is 1.19. The van der Waals surface area contributed by atoms with Crippen molar-refractivity contribution in [1.29, 1.82) is 0 Å². The number of hydrogen-bond acceptors (Lipinski definition) is 4. The first-order chi connectivity index (χ1) is 6.33. The predicted molar refractivity (Wildman–Crippen MR) is 45.1 cm³/mol. The summed E-state index contributed by atoms with van der Waals surface area (Å²) in [6, 6.07) is 0. The Kier molecular flexibility index (Phi) is 4.30. The third kappa shape index (κ3) is 2.34. The van der Waals surface area contributed by atoms with Gasteiger partial charge in [0.05, 0.1) is 0 Å². The first-order valence-electron chi connectivity index (χ1n) is 3.81. The average Bonchev–Trinajstić information content (AvgIpc) is 2.11. The fourth-order valence-corrected chi connectivity index (χ4v) is 0.915. The predicted octanol–water partition coefficient (Wildman–Crippen LogP) is -0.314. The van der Waals surface area contributed by atoms with Crippen molar-refractivity contribution in [3.05, 3.63) is 0 Å². The molecule has 0 amide bonds. The van der Waals surface area contributed by atoms with E-state index in [0.29, 0.717) is 0 Å². The minimum atomic E-state index is -4.81. The lowest BCUT2D eigenvalue weighted by molar-refractivity contribution is -0.232. The van der Waals surface area contributed by atoms with Gasteiger partial charge in [-0.1, -0.05) is 6.92 Å². The Morgan fingerprint density at radius 1 is 1.50 bits per heavy atom. The van der Waals surface area contributed by atoms with E-state index in [1.165, 1.54) is 6.92 Å². The third-order valence-corrected chi connectivity index (χ3v) is 1.79. The van der Waals surface area contributed by atoms with E-state index in [0.717, 1.165) is 7.05 Å². The number of rotatable bonds is 3. The van der Waals surface area contributed by atoms with Crippen LogP contribution in [-0.4, -0.2) is 29.8 Å². The topological polar surface area (TPSA) is 82.7 Å². The monoisotopic (exact) mass is 214 g/mol. The van der Waals surface area contributed by atoms with Crippen LogP contribution in [0.5, 0.6) is 0 Å². The zero-order chi connectivity index (χ0) is 11.4. The molecule has 0 aliphatic carbocycles. The van der Waals surface area contributed by atoms with E-state index in [-0.39, 0.29) is 0 Å². The van der Waals surface area contributed by atoms with Crippen molar-refractivity contribution in [3.63, 3.8) is 0 Å². The number of hydrazine groups is 2. The molecular formula is C6H13F3N4O. The molecule has 0 aliphatic heterocycles. The van der Waals surface area contributed by atoms with Crippen LogP contribution in [0.2, 0.25) is 0 Å². The van der Waals surface area contributed by atoms with Crippen LogP contribution in [-0.2, 0) is 0 Å². The van der Waals surface area contributed by atoms with E-state index < -0.39 is 24.0 Å². The van der Waals surface area contributed by atoms with Crippen molar-refractivity contribution < 1.29 is 18.3 Å². The molecule has 0 bridgehead atoms. The van der Waals surface area contributed by atoms with E-state index in [4.69, 9.17) is 5.84 Å². The number of aliphatic hydroxyl groups is 1. The van der Waals surface area contributed by atoms with E-state index in [1.54, 1.807) is 5.53 Å². The lowest BCUT2D eigenvalue weighted by Gasteiger charge is -2.30. The van der Waals surface area contributed by atoms with Crippen LogP contribution in [0, 0.1) is 0 Å². The highest BCUT2D eigenvalue weighted by atomic mass is 19.4. The molecule has 5 nitrogen and oxygen atoms in total. The van der Waals surface area contributed by atoms with Gasteiger partial charge in [0.2, 0.25) is 5.60 Å². The van der Waals surface area contributed by atoms with Gasteiger partial charge in [-0.25, -0.2) is 0 Å². The van der Waals surface area contributed by atoms with E-state index in [1.807, 2.05) is 5.43 Å². The summed E-state index contributed by atoms with van der Waals surface area (Å²) < 4.78 is 37.3. The van der Waals surface area contributed by atoms with Gasteiger partial charge in [0, 0.05) is 7.05 Å². The summed E-state index contributed by atoms with van der Waals surface area (Å²) in [4.78, 5) is 3.28. The molecule has 0 aromatic rings. The largest absolute Gasteiger partial charge is 0.424 e. The van der Waals surface area contributed by atoms with Crippen LogP contribution < -0.4 is 16.8 Å². The van der Waals surface area contributed by atoms with E-state index >= 15 is 0 Å². The summed E-state index contributed by atoms with van der Waals surface area (Å²) in [5, 5.41) is 9.33. The Labute approximate surface area is 79.1 Å². The molecule has 1 unspecified atom stereocenters. The summed E-state index contributed by atoms with van der Waals surface area (Å²) in [5.74, 6) is 4.11. The van der Waals surface area contributed by atoms with Crippen LogP contribution >= 0.6 is 0 Å². The molecule has 0 saturated heterocycles. The number of alkyl halides is 3. The SMILES string of the molecule is CCC(O)(C(=NC)NNN)C(F)(F)F. The van der Waals surface area contributed by atoms with Gasteiger partial charge in [0.1, 0.15) is 0 Å². The maximum absolute atomic E-state index is 12.4. The number of hydrogen-bond donors (Lipinski definition) is 4. The molecule has 0 aromatic carbocycles. The highest BCUT2D eigenvalue weighted by Gasteiger charge is 2.56. The molecule has 0 radical (unpaired) electrons. The van der Waals surface area contributed by atoms with Crippen molar-refractivity contribution >= 4 is 5.84 Å². The van der Waals surface area contributed by atoms with E-state index in [9.17, 15) is 18.3 Å². The van der Waals surface area contributed by atoms with Crippen LogP contribution in [0.25, 0.3) is 0 Å². The molecule has 14 heavy (non-hydrogen) atoms. The molecule has 5 N–H and O–H groups in total. The number of amidine groups is 1. The second kappa shape index (κ2) is 4.58. The summed E-state index contributed by atoms with van der Waals surface area (Å²) in [7, 11) is 1.12. The molecule has 0 saturated carbocycles. The van der Waals surface area contributed by atoms with Crippen LogP contribution in [0.4, 0.5) is 13.2 Å². The molecule has 0 rings (SSSR count). The maximum atomic E-state index is 12.4. The Bertz CT molecular complexity index is 218. The standard InChI is InChI=1S/C6H13F3N4O/c1-3-5(14,6(7,8)9)4(11-2)12-13-10/h13-14H,3,10H2,1-2H3,(H,11,12). The maximum Gasteiger partial charge on any atom is 0.424 e. The molecular weight excluding hydrogens is 201 g/mol. The lowest BCUT2D eigenvalue weighted by Crippen LogP contribution is -2.60. The number of nitrogens with zero attached hydrogens (tertiary/aromatic N) is 1. The second-order valence-electron chi connectivity index (χ2n) is 2.55. The first kappa shape index (κ1) is 13.1. The quantitative estimate of drug-likeness (QED) is 0.225. The van der Waals surface area contributed by atoms with Gasteiger partial charge >= 0.3 is 6.18 Å². The van der Waals surface area contributed by atoms with Gasteiger partial charge in [-0.3, -0.25) is 16.3 Å². The number of nitrogens with one attached hydrogen (secondary N) is 2. The van der Waals surface area contributed by atoms with Crippen molar-refractivity contribution in [1.82, 2.24) is 11.0 Å². The number of halogens is 3. The fourth-order valence-electron chi connectivity index (χ4n) is 0.915. The van der Waals surface area contributed by atoms with Crippen molar-refractivity contribution in [2.75, 3.05) is 7.05 Å². The molecule has 0 heterocycles. The van der Waals surface area contributed by atoms with Crippen molar-refractivity contribution in [2.24, 2.45) is 10.8 Å². The highest BCUT2D eigenvalue weighted by molar-refractivity contribution is 5.90. The third-order valence-electron chi connectivity index (χ3n) is 1.79. The van der Waals surface area contributed by atoms with Crippen LogP contribution in [0.15, 0.2) is 4.99 Å². The number of nitrogens with two attached hydrogens (primary N) is 1. The van der Waals surface area contributed by atoms with Gasteiger partial charge in [-0.2, -0.15) is 18.7 Å². The Balaban J connectivity index is 5.02. The average molecular weight is 214 g/mol. The summed E-state index contributed by atoms with van der Waals surface area (Å²) in [6.07, 6.45) is -5.36. The lowest BCUT2D eigenvalue weighted by atomic mass is 9.99. The van der Waals surface area contributed by atoms with Gasteiger partial charge in [-0.15, -0.1) is 0 Å². The summed E-state index contributed by atoms with van der Waals surface area (Å²) >= 11 is 0. The zero-order valence-corrected chi connectivity index (χ0v) is 7.81. The molecule has 8 heteroatoms. The minimum Gasteiger partial charge on any atom is -0.374 e. The molecule has 0 aliphatic rings. The Morgan fingerprint density at radius 3 is 2.21 bits per heavy atom. The smallest absolute Gasteiger partial charge is 0.374 e. The van der Waals surface area contributed by atoms with Crippen molar-refractivity contribution in [2.45, 2.75) is 25.1 Å².